The first-order valence-corrected chi connectivity index (χ1v) is 15.7. The summed E-state index contributed by atoms with van der Waals surface area (Å²) in [5.41, 5.74) is 1.37. The van der Waals surface area contributed by atoms with E-state index in [1.165, 1.54) is 12.1 Å². The molecule has 1 aliphatic rings. The second-order valence-corrected chi connectivity index (χ2v) is 11.0. The standard InChI is InChI=1S/C38H43NO11/c1-7-31(26-11-9-8-10-12-26)32(27-13-17-29(18-14-27)45-22-21-39-5)28-15-19-30(20-16-28)49-38-36(48-25(4)42)34(47-24(3)41)33(46-23(2)40)35(50-38)37(43)44-6/h8-20,33-36,38-39H,7,21-22H2,1-6H3/b32-31+/t33-,34-,35-,36+,38+/m0/s1/i1D3,7D2. The van der Waals surface area contributed by atoms with Crippen LogP contribution < -0.4 is 14.8 Å². The molecule has 1 saturated heterocycles. The lowest BCUT2D eigenvalue weighted by Gasteiger charge is -2.43. The predicted molar refractivity (Wildman–Crippen MR) is 183 cm³/mol. The molecule has 266 valence electrons. The highest BCUT2D eigenvalue weighted by molar-refractivity contribution is 5.98. The smallest absolute Gasteiger partial charge is 0.339 e. The number of carbonyl (C=O) groups excluding carboxylic acids is 4. The quantitative estimate of drug-likeness (QED) is 0.108. The van der Waals surface area contributed by atoms with Gasteiger partial charge in [0, 0.05) is 34.2 Å². The van der Waals surface area contributed by atoms with Gasteiger partial charge in [-0.2, -0.15) is 0 Å². The van der Waals surface area contributed by atoms with Crippen LogP contribution in [0.25, 0.3) is 11.1 Å². The Morgan fingerprint density at radius 1 is 0.760 bits per heavy atom. The van der Waals surface area contributed by atoms with Crippen molar-refractivity contribution in [3.8, 4) is 11.5 Å². The maximum Gasteiger partial charge on any atom is 0.339 e. The van der Waals surface area contributed by atoms with E-state index in [9.17, 15) is 19.2 Å². The van der Waals surface area contributed by atoms with Crippen LogP contribution in [0.15, 0.2) is 78.9 Å². The number of hydrogen-bond donors (Lipinski definition) is 1. The number of benzene rings is 3. The first kappa shape index (κ1) is 30.8. The van der Waals surface area contributed by atoms with Gasteiger partial charge >= 0.3 is 23.9 Å². The number of esters is 4. The molecule has 5 atom stereocenters. The van der Waals surface area contributed by atoms with Gasteiger partial charge in [0.15, 0.2) is 18.3 Å². The number of methoxy groups -OCH3 is 1. The van der Waals surface area contributed by atoms with Gasteiger partial charge in [-0.05, 0) is 65.5 Å². The first-order chi connectivity index (χ1) is 26.0. The van der Waals surface area contributed by atoms with Crippen LogP contribution in [-0.2, 0) is 42.9 Å². The van der Waals surface area contributed by atoms with Crippen molar-refractivity contribution in [1.29, 1.82) is 0 Å². The Morgan fingerprint density at radius 2 is 1.32 bits per heavy atom. The van der Waals surface area contributed by atoms with Crippen molar-refractivity contribution in [2.45, 2.75) is 64.7 Å². The van der Waals surface area contributed by atoms with Crippen LogP contribution in [-0.4, -0.2) is 81.9 Å². The molecule has 0 saturated carbocycles. The maximum absolute atomic E-state index is 12.9. The molecule has 0 aliphatic carbocycles. The van der Waals surface area contributed by atoms with Crippen LogP contribution in [0.3, 0.4) is 0 Å². The fourth-order valence-electron chi connectivity index (χ4n) is 5.34. The minimum atomic E-state index is -3.08. The summed E-state index contributed by atoms with van der Waals surface area (Å²) in [5, 5.41) is 3.00. The van der Waals surface area contributed by atoms with Gasteiger partial charge in [-0.25, -0.2) is 4.79 Å². The Hall–Kier alpha value is -5.20. The molecule has 1 fully saturated rings. The second-order valence-electron chi connectivity index (χ2n) is 11.0. The van der Waals surface area contributed by atoms with E-state index >= 15 is 0 Å². The van der Waals surface area contributed by atoms with Gasteiger partial charge in [0.25, 0.3) is 0 Å². The van der Waals surface area contributed by atoms with Crippen LogP contribution >= 0.6 is 0 Å². The van der Waals surface area contributed by atoms with E-state index in [2.05, 4.69) is 5.32 Å². The molecule has 0 unspecified atom stereocenters. The van der Waals surface area contributed by atoms with E-state index < -0.39 is 67.8 Å². The number of nitrogens with one attached hydrogen (secondary N) is 1. The van der Waals surface area contributed by atoms with Crippen LogP contribution in [0, 0.1) is 0 Å². The number of carbonyl (C=O) groups is 4. The van der Waals surface area contributed by atoms with Gasteiger partial charge in [0.1, 0.15) is 18.1 Å². The Balaban J connectivity index is 1.85. The summed E-state index contributed by atoms with van der Waals surface area (Å²) >= 11 is 0. The molecule has 0 bridgehead atoms. The highest BCUT2D eigenvalue weighted by Gasteiger charge is 2.55. The monoisotopic (exact) mass is 694 g/mol. The summed E-state index contributed by atoms with van der Waals surface area (Å²) in [7, 11) is 2.86. The summed E-state index contributed by atoms with van der Waals surface area (Å²) in [6.07, 6.45) is -10.8. The predicted octanol–water partition coefficient (Wildman–Crippen LogP) is 4.73. The summed E-state index contributed by atoms with van der Waals surface area (Å²) in [6.45, 7) is 1.14. The summed E-state index contributed by atoms with van der Waals surface area (Å²) < 4.78 is 81.3. The van der Waals surface area contributed by atoms with Crippen molar-refractivity contribution >= 4 is 35.0 Å². The molecular weight excluding hydrogens is 646 g/mol. The Morgan fingerprint density at radius 3 is 1.86 bits per heavy atom. The minimum Gasteiger partial charge on any atom is -0.492 e. The topological polar surface area (TPSA) is 145 Å². The molecule has 12 heteroatoms. The average Bonchev–Trinajstić information content (AvgIpc) is 3.12. The third kappa shape index (κ3) is 9.70. The lowest BCUT2D eigenvalue weighted by Crippen LogP contribution is -2.64. The molecule has 4 rings (SSSR count). The number of likely N-dealkylation sites (N-methyl/N-ethyl adjacent to an activating group) is 1. The summed E-state index contributed by atoms with van der Waals surface area (Å²) in [6, 6.07) is 21.2. The van der Waals surface area contributed by atoms with Crippen molar-refractivity contribution in [1.82, 2.24) is 5.32 Å². The first-order valence-electron chi connectivity index (χ1n) is 18.2. The third-order valence-electron chi connectivity index (χ3n) is 7.43. The van der Waals surface area contributed by atoms with Gasteiger partial charge in [0.05, 0.1) is 7.11 Å². The average molecular weight is 695 g/mol. The van der Waals surface area contributed by atoms with Crippen molar-refractivity contribution in [3.63, 3.8) is 0 Å². The lowest BCUT2D eigenvalue weighted by atomic mass is 9.88. The molecule has 1 heterocycles. The normalized spacial score (nSPS) is 22.5. The highest BCUT2D eigenvalue weighted by atomic mass is 16.7. The zero-order valence-electron chi connectivity index (χ0n) is 33.3. The van der Waals surface area contributed by atoms with Gasteiger partial charge in [-0.15, -0.1) is 0 Å². The number of ether oxygens (including phenoxy) is 7. The molecular formula is C38H43NO11. The minimum absolute atomic E-state index is 0.0785. The van der Waals surface area contributed by atoms with Crippen LogP contribution in [0.4, 0.5) is 0 Å². The zero-order valence-corrected chi connectivity index (χ0v) is 28.3. The number of allylic oxidation sites excluding steroid dienone is 1. The molecule has 3 aromatic carbocycles. The van der Waals surface area contributed by atoms with Crippen molar-refractivity contribution < 1.29 is 59.2 Å². The fourth-order valence-corrected chi connectivity index (χ4v) is 5.34. The van der Waals surface area contributed by atoms with Gasteiger partial charge in [-0.3, -0.25) is 14.4 Å². The van der Waals surface area contributed by atoms with Crippen molar-refractivity contribution in [2.24, 2.45) is 0 Å². The van der Waals surface area contributed by atoms with Crippen molar-refractivity contribution in [3.05, 3.63) is 95.6 Å². The highest BCUT2D eigenvalue weighted by Crippen LogP contribution is 2.37. The van der Waals surface area contributed by atoms with E-state index in [1.807, 2.05) is 0 Å². The Bertz CT molecular complexity index is 1830. The maximum atomic E-state index is 12.9. The largest absolute Gasteiger partial charge is 0.492 e. The fraction of sp³-hybridized carbons (Fsp3) is 0.368. The molecule has 0 radical (unpaired) electrons. The lowest BCUT2D eigenvalue weighted by molar-refractivity contribution is -0.282. The molecule has 0 spiro atoms. The number of rotatable bonds is 14. The molecule has 1 aliphatic heterocycles. The van der Waals surface area contributed by atoms with Gasteiger partial charge < -0.3 is 38.5 Å². The SMILES string of the molecule is [2H]C([2H])([2H])C([2H])([2H])/C(=C(/c1ccc(OCCNC)cc1)c1ccc(O[C@@H]2O[C@H](C(=O)OC)[C@@H](OC(C)=O)[C@H](OC(C)=O)[C@H]2OC(C)=O)cc1)c1ccccc1. The Kier molecular flexibility index (Phi) is 11.1. The number of hydrogen-bond acceptors (Lipinski definition) is 12. The van der Waals surface area contributed by atoms with E-state index in [-0.39, 0.29) is 16.9 Å². The van der Waals surface area contributed by atoms with Crippen LogP contribution in [0.5, 0.6) is 11.5 Å². The van der Waals surface area contributed by atoms with Gasteiger partial charge in [0.2, 0.25) is 12.4 Å². The van der Waals surface area contributed by atoms with Crippen LogP contribution in [0.1, 0.15) is 57.5 Å². The second kappa shape index (κ2) is 18.0. The molecule has 1 N–H and O–H groups in total. The van der Waals surface area contributed by atoms with E-state index in [4.69, 9.17) is 40.0 Å². The van der Waals surface area contributed by atoms with E-state index in [0.717, 1.165) is 27.9 Å². The third-order valence-corrected chi connectivity index (χ3v) is 7.43. The van der Waals surface area contributed by atoms with E-state index in [0.29, 0.717) is 35.6 Å². The van der Waals surface area contributed by atoms with E-state index in [1.54, 1.807) is 73.8 Å². The van der Waals surface area contributed by atoms with Crippen molar-refractivity contribution in [2.75, 3.05) is 27.3 Å². The zero-order chi connectivity index (χ0) is 40.5. The molecule has 3 aromatic rings. The Labute approximate surface area is 298 Å². The van der Waals surface area contributed by atoms with Crippen LogP contribution in [0.2, 0.25) is 0 Å². The van der Waals surface area contributed by atoms with Gasteiger partial charge in [-0.1, -0.05) is 61.4 Å². The summed E-state index contributed by atoms with van der Waals surface area (Å²) in [5.74, 6) is -2.92. The molecule has 0 aromatic heterocycles. The molecule has 0 amide bonds. The molecule has 12 nitrogen and oxygen atoms in total. The molecule has 50 heavy (non-hydrogen) atoms. The summed E-state index contributed by atoms with van der Waals surface area (Å²) in [4.78, 5) is 49.4.